The van der Waals surface area contributed by atoms with Gasteiger partial charge < -0.3 is 14.6 Å². The molecule has 0 aliphatic carbocycles. The Morgan fingerprint density at radius 3 is 2.72 bits per heavy atom. The quantitative estimate of drug-likeness (QED) is 0.333. The summed E-state index contributed by atoms with van der Waals surface area (Å²) in [5.41, 5.74) is 9.13. The van der Waals surface area contributed by atoms with Crippen LogP contribution in [0.1, 0.15) is 12.0 Å². The van der Waals surface area contributed by atoms with Crippen LogP contribution in [-0.4, -0.2) is 31.5 Å². The molecule has 0 spiro atoms. The van der Waals surface area contributed by atoms with Crippen molar-refractivity contribution in [2.75, 3.05) is 20.3 Å². The minimum atomic E-state index is -0.642. The normalized spacial score (nSPS) is 11.7. The Morgan fingerprint density at radius 1 is 1.39 bits per heavy atom. The number of aliphatic hydroxyl groups is 1. The molecule has 1 N–H and O–H groups in total. The van der Waals surface area contributed by atoms with Crippen LogP contribution < -0.4 is 4.74 Å². The van der Waals surface area contributed by atoms with E-state index in [9.17, 15) is 5.11 Å². The van der Waals surface area contributed by atoms with Crippen molar-refractivity contribution in [3.05, 3.63) is 40.3 Å². The summed E-state index contributed by atoms with van der Waals surface area (Å²) < 4.78 is 10.5. The summed E-state index contributed by atoms with van der Waals surface area (Å²) in [4.78, 5) is 2.58. The van der Waals surface area contributed by atoms with E-state index < -0.39 is 6.10 Å². The molecule has 6 nitrogen and oxygen atoms in total. The zero-order valence-corrected chi connectivity index (χ0v) is 10.3. The summed E-state index contributed by atoms with van der Waals surface area (Å²) in [6.45, 7) is 0.995. The van der Waals surface area contributed by atoms with Crippen LogP contribution in [-0.2, 0) is 11.3 Å². The molecule has 1 aromatic carbocycles. The maximum atomic E-state index is 9.38. The number of ether oxygens (including phenoxy) is 2. The van der Waals surface area contributed by atoms with E-state index in [1.165, 1.54) is 0 Å². The molecular weight excluding hydrogens is 234 g/mol. The molecule has 1 aromatic rings. The lowest BCUT2D eigenvalue weighted by Gasteiger charge is -2.08. The third-order valence-corrected chi connectivity index (χ3v) is 2.38. The van der Waals surface area contributed by atoms with Gasteiger partial charge in [-0.25, -0.2) is 0 Å². The van der Waals surface area contributed by atoms with Gasteiger partial charge in [-0.2, -0.15) is 0 Å². The van der Waals surface area contributed by atoms with Gasteiger partial charge in [-0.15, -0.1) is 0 Å². The third kappa shape index (κ3) is 5.54. The van der Waals surface area contributed by atoms with E-state index in [2.05, 4.69) is 10.0 Å². The van der Waals surface area contributed by atoms with Crippen molar-refractivity contribution >= 4 is 0 Å². The second-order valence-electron chi connectivity index (χ2n) is 3.76. The van der Waals surface area contributed by atoms with E-state index in [1.807, 2.05) is 24.3 Å². The Kier molecular flexibility index (Phi) is 6.64. The first-order valence-corrected chi connectivity index (χ1v) is 5.66. The van der Waals surface area contributed by atoms with Crippen molar-refractivity contribution in [3.63, 3.8) is 0 Å². The van der Waals surface area contributed by atoms with Crippen LogP contribution in [0.2, 0.25) is 0 Å². The fourth-order valence-electron chi connectivity index (χ4n) is 1.35. The first-order chi connectivity index (χ1) is 8.76. The van der Waals surface area contributed by atoms with Crippen LogP contribution in [0.25, 0.3) is 10.4 Å². The Bertz CT molecular complexity index is 388. The fraction of sp³-hybridized carbons (Fsp3) is 0.500. The van der Waals surface area contributed by atoms with E-state index in [0.29, 0.717) is 19.6 Å². The van der Waals surface area contributed by atoms with Gasteiger partial charge in [0.1, 0.15) is 5.75 Å². The molecule has 0 bridgehead atoms. The van der Waals surface area contributed by atoms with E-state index >= 15 is 0 Å². The van der Waals surface area contributed by atoms with Crippen molar-refractivity contribution in [3.8, 4) is 5.75 Å². The SMILES string of the molecule is COc1ccc(COCC[C@@H](O)CN=[N+]=[N-])cc1. The molecule has 0 heterocycles. The topological polar surface area (TPSA) is 87.5 Å². The predicted octanol–water partition coefficient (Wildman–Crippen LogP) is 2.27. The van der Waals surface area contributed by atoms with Gasteiger partial charge in [0.05, 0.1) is 26.4 Å². The second kappa shape index (κ2) is 8.36. The maximum Gasteiger partial charge on any atom is 0.118 e. The van der Waals surface area contributed by atoms with Gasteiger partial charge in [-0.3, -0.25) is 0 Å². The van der Waals surface area contributed by atoms with E-state index in [4.69, 9.17) is 15.0 Å². The molecule has 0 unspecified atom stereocenters. The smallest absolute Gasteiger partial charge is 0.118 e. The molecule has 6 heteroatoms. The average Bonchev–Trinajstić information content (AvgIpc) is 2.42. The van der Waals surface area contributed by atoms with Crippen LogP contribution in [0.15, 0.2) is 29.4 Å². The number of hydrogen-bond acceptors (Lipinski definition) is 4. The Labute approximate surface area is 106 Å². The molecule has 18 heavy (non-hydrogen) atoms. The number of rotatable bonds is 8. The van der Waals surface area contributed by atoms with Crippen LogP contribution in [0, 0.1) is 0 Å². The number of hydrogen-bond donors (Lipinski definition) is 1. The Morgan fingerprint density at radius 2 is 2.11 bits per heavy atom. The van der Waals surface area contributed by atoms with Crippen molar-refractivity contribution < 1.29 is 14.6 Å². The summed E-state index contributed by atoms with van der Waals surface area (Å²) >= 11 is 0. The zero-order chi connectivity index (χ0) is 13.2. The molecule has 0 radical (unpaired) electrons. The van der Waals surface area contributed by atoms with Crippen LogP contribution in [0.5, 0.6) is 5.75 Å². The molecule has 0 aliphatic rings. The van der Waals surface area contributed by atoms with Gasteiger partial charge in [-0.1, -0.05) is 17.2 Å². The van der Waals surface area contributed by atoms with Gasteiger partial charge in [0.25, 0.3) is 0 Å². The van der Waals surface area contributed by atoms with Gasteiger partial charge in [0.15, 0.2) is 0 Å². The van der Waals surface area contributed by atoms with E-state index in [-0.39, 0.29) is 6.54 Å². The molecule has 0 aliphatic heterocycles. The van der Waals surface area contributed by atoms with Gasteiger partial charge in [-0.05, 0) is 29.6 Å². The highest BCUT2D eigenvalue weighted by molar-refractivity contribution is 5.26. The lowest BCUT2D eigenvalue weighted by molar-refractivity contribution is 0.0766. The molecule has 1 atom stereocenters. The molecule has 1 rings (SSSR count). The van der Waals surface area contributed by atoms with Gasteiger partial charge >= 0.3 is 0 Å². The van der Waals surface area contributed by atoms with Crippen molar-refractivity contribution in [1.82, 2.24) is 0 Å². The van der Waals surface area contributed by atoms with Gasteiger partial charge in [0.2, 0.25) is 0 Å². The van der Waals surface area contributed by atoms with Crippen molar-refractivity contribution in [1.29, 1.82) is 0 Å². The molecule has 0 saturated heterocycles. The number of methoxy groups -OCH3 is 1. The lowest BCUT2D eigenvalue weighted by Crippen LogP contribution is -2.13. The van der Waals surface area contributed by atoms with E-state index in [1.54, 1.807) is 7.11 Å². The van der Waals surface area contributed by atoms with Crippen molar-refractivity contribution in [2.24, 2.45) is 5.11 Å². The monoisotopic (exact) mass is 251 g/mol. The summed E-state index contributed by atoms with van der Waals surface area (Å²) in [5, 5.41) is 12.7. The first kappa shape index (κ1) is 14.3. The highest BCUT2D eigenvalue weighted by atomic mass is 16.5. The molecule has 98 valence electrons. The highest BCUT2D eigenvalue weighted by Gasteiger charge is 2.02. The third-order valence-electron chi connectivity index (χ3n) is 2.38. The van der Waals surface area contributed by atoms with Crippen molar-refractivity contribution in [2.45, 2.75) is 19.1 Å². The largest absolute Gasteiger partial charge is 0.497 e. The molecule has 0 amide bonds. The number of nitrogens with zero attached hydrogens (tertiary/aromatic N) is 3. The van der Waals surface area contributed by atoms with Crippen LogP contribution in [0.3, 0.4) is 0 Å². The summed E-state index contributed by atoms with van der Waals surface area (Å²) in [5.74, 6) is 0.809. The average molecular weight is 251 g/mol. The second-order valence-corrected chi connectivity index (χ2v) is 3.76. The standard InChI is InChI=1S/C12H17N3O3/c1-17-12-4-2-10(3-5-12)9-18-7-6-11(16)8-14-15-13/h2-5,11,16H,6-9H2,1H3/t11-/m1/s1. The highest BCUT2D eigenvalue weighted by Crippen LogP contribution is 2.12. The van der Waals surface area contributed by atoms with E-state index in [0.717, 1.165) is 11.3 Å². The predicted molar refractivity (Wildman–Crippen MR) is 67.3 cm³/mol. The zero-order valence-electron chi connectivity index (χ0n) is 10.3. The number of benzene rings is 1. The number of azide groups is 1. The summed E-state index contributed by atoms with van der Waals surface area (Å²) in [6.07, 6.45) is -0.188. The van der Waals surface area contributed by atoms with Gasteiger partial charge in [0, 0.05) is 11.5 Å². The van der Waals surface area contributed by atoms with Crippen LogP contribution >= 0.6 is 0 Å². The molecule has 0 saturated carbocycles. The molecular formula is C12H17N3O3. The minimum Gasteiger partial charge on any atom is -0.497 e. The number of aliphatic hydroxyl groups excluding tert-OH is 1. The van der Waals surface area contributed by atoms with Crippen LogP contribution in [0.4, 0.5) is 0 Å². The Hall–Kier alpha value is -1.75. The summed E-state index contributed by atoms with van der Waals surface area (Å²) in [7, 11) is 1.62. The summed E-state index contributed by atoms with van der Waals surface area (Å²) in [6, 6.07) is 7.59. The molecule has 0 fully saturated rings. The lowest BCUT2D eigenvalue weighted by atomic mass is 10.2. The minimum absolute atomic E-state index is 0.0857. The fourth-order valence-corrected chi connectivity index (χ4v) is 1.35. The molecule has 0 aromatic heterocycles. The first-order valence-electron chi connectivity index (χ1n) is 5.66. The Balaban J connectivity index is 2.18. The maximum absolute atomic E-state index is 9.38.